The Hall–Kier alpha value is -3.38. The molecule has 1 aromatic heterocycles. The van der Waals surface area contributed by atoms with E-state index in [0.29, 0.717) is 36.4 Å². The Morgan fingerprint density at radius 1 is 1.27 bits per heavy atom. The lowest BCUT2D eigenvalue weighted by Gasteiger charge is -2.53. The minimum absolute atomic E-state index is 0.0428. The average molecular weight is 402 g/mol. The first kappa shape index (κ1) is 18.6. The average Bonchev–Trinajstić information content (AvgIpc) is 3.14. The van der Waals surface area contributed by atoms with Crippen LogP contribution in [0.2, 0.25) is 0 Å². The zero-order valence-corrected chi connectivity index (χ0v) is 16.6. The van der Waals surface area contributed by atoms with Gasteiger partial charge in [0.1, 0.15) is 11.4 Å². The molecule has 1 fully saturated rings. The van der Waals surface area contributed by atoms with Crippen LogP contribution in [-0.4, -0.2) is 45.4 Å². The predicted octanol–water partition coefficient (Wildman–Crippen LogP) is 4.05. The Morgan fingerprint density at radius 2 is 2.07 bits per heavy atom. The summed E-state index contributed by atoms with van der Waals surface area (Å²) in [5.41, 5.74) is 3.09. The zero-order valence-electron chi connectivity index (χ0n) is 16.6. The van der Waals surface area contributed by atoms with Gasteiger partial charge in [0.15, 0.2) is 5.78 Å². The molecule has 1 spiro atoms. The van der Waals surface area contributed by atoms with Gasteiger partial charge in [-0.25, -0.2) is 4.79 Å². The topological polar surface area (TPSA) is 82.6 Å². The molecular formula is C24H22N2O4. The van der Waals surface area contributed by atoms with E-state index in [0.717, 1.165) is 11.6 Å². The largest absolute Gasteiger partial charge is 0.483 e. The van der Waals surface area contributed by atoms with Crippen molar-refractivity contribution in [1.29, 1.82) is 0 Å². The highest BCUT2D eigenvalue weighted by Crippen LogP contribution is 2.42. The molecule has 0 bridgehead atoms. The van der Waals surface area contributed by atoms with Gasteiger partial charge in [-0.2, -0.15) is 0 Å². The summed E-state index contributed by atoms with van der Waals surface area (Å²) in [7, 11) is 0. The molecule has 0 aliphatic carbocycles. The highest BCUT2D eigenvalue weighted by atomic mass is 16.5. The number of hydrogen-bond donors (Lipinski definition) is 2. The van der Waals surface area contributed by atoms with Crippen LogP contribution in [0.15, 0.2) is 54.7 Å². The molecular weight excluding hydrogens is 380 g/mol. The van der Waals surface area contributed by atoms with E-state index >= 15 is 0 Å². The highest BCUT2D eigenvalue weighted by Gasteiger charge is 2.51. The smallest absolute Gasteiger partial charge is 0.328 e. The number of nitrogens with one attached hydrogen (secondary N) is 1. The molecule has 2 aromatic carbocycles. The SMILES string of the molecule is CC(c1c[nH]c2ccccc12)N1CC2(CC(=O)c3cc(/C=C/C(=O)O)ccc3O2)C1. The molecule has 1 atom stereocenters. The van der Waals surface area contributed by atoms with E-state index in [4.69, 9.17) is 9.84 Å². The number of carboxylic acid groups (broad SMARTS) is 1. The number of fused-ring (bicyclic) bond motifs is 2. The molecule has 0 radical (unpaired) electrons. The molecule has 1 unspecified atom stereocenters. The standard InChI is InChI=1S/C24H22N2O4/c1-15(19-12-25-20-5-3-2-4-17(19)20)26-13-24(14-26)11-21(27)18-10-16(7-9-23(28)29)6-8-22(18)30-24/h2-10,12,15,25H,11,13-14H2,1H3,(H,28,29)/b9-7+. The fourth-order valence-electron chi connectivity index (χ4n) is 4.56. The van der Waals surface area contributed by atoms with Crippen LogP contribution < -0.4 is 4.74 Å². The van der Waals surface area contributed by atoms with Gasteiger partial charge in [-0.1, -0.05) is 24.3 Å². The first-order valence-corrected chi connectivity index (χ1v) is 10.0. The van der Waals surface area contributed by atoms with Gasteiger partial charge in [-0.3, -0.25) is 9.69 Å². The number of ketones is 1. The second-order valence-electron chi connectivity index (χ2n) is 8.18. The molecule has 2 aliphatic rings. The second-order valence-corrected chi connectivity index (χ2v) is 8.18. The van der Waals surface area contributed by atoms with Crippen molar-refractivity contribution in [3.63, 3.8) is 0 Å². The van der Waals surface area contributed by atoms with Gasteiger partial charge in [-0.05, 0) is 42.3 Å². The number of rotatable bonds is 4. The first-order chi connectivity index (χ1) is 14.4. The maximum Gasteiger partial charge on any atom is 0.328 e. The van der Waals surface area contributed by atoms with Gasteiger partial charge in [0, 0.05) is 42.3 Å². The van der Waals surface area contributed by atoms with Crippen LogP contribution in [0.25, 0.3) is 17.0 Å². The third kappa shape index (κ3) is 3.09. The summed E-state index contributed by atoms with van der Waals surface area (Å²) in [6, 6.07) is 13.7. The number of H-pyrrole nitrogens is 1. The van der Waals surface area contributed by atoms with Crippen molar-refractivity contribution in [2.45, 2.75) is 25.0 Å². The number of likely N-dealkylation sites (tertiary alicyclic amines) is 1. The molecule has 0 amide bonds. The van der Waals surface area contributed by atoms with Gasteiger partial charge < -0.3 is 14.8 Å². The zero-order chi connectivity index (χ0) is 20.9. The number of benzene rings is 2. The number of carboxylic acids is 1. The van der Waals surface area contributed by atoms with Crippen molar-refractivity contribution in [2.75, 3.05) is 13.1 Å². The maximum absolute atomic E-state index is 12.8. The minimum atomic E-state index is -1.02. The maximum atomic E-state index is 12.8. The van der Waals surface area contributed by atoms with E-state index in [2.05, 4.69) is 35.1 Å². The molecule has 6 heteroatoms. The molecule has 2 aliphatic heterocycles. The number of para-hydroxylation sites is 1. The van der Waals surface area contributed by atoms with Crippen molar-refractivity contribution >= 4 is 28.7 Å². The molecule has 1 saturated heterocycles. The minimum Gasteiger partial charge on any atom is -0.483 e. The summed E-state index contributed by atoms with van der Waals surface area (Å²) in [4.78, 5) is 29.2. The fraction of sp³-hybridized carbons (Fsp3) is 0.250. The van der Waals surface area contributed by atoms with Gasteiger partial charge in [-0.15, -0.1) is 0 Å². The van der Waals surface area contributed by atoms with E-state index in [1.807, 2.05) is 12.1 Å². The number of Topliss-reactive ketones (excluding diaryl/α,β-unsaturated/α-hetero) is 1. The van der Waals surface area contributed by atoms with Crippen LogP contribution >= 0.6 is 0 Å². The quantitative estimate of drug-likeness (QED) is 0.644. The fourth-order valence-corrected chi connectivity index (χ4v) is 4.56. The number of carbonyl (C=O) groups is 2. The molecule has 5 rings (SSSR count). The molecule has 2 N–H and O–H groups in total. The highest BCUT2D eigenvalue weighted by molar-refractivity contribution is 6.01. The second kappa shape index (κ2) is 6.85. The molecule has 3 aromatic rings. The Labute approximate surface area is 173 Å². The van der Waals surface area contributed by atoms with Crippen LogP contribution in [-0.2, 0) is 4.79 Å². The number of carbonyl (C=O) groups excluding carboxylic acids is 1. The van der Waals surface area contributed by atoms with E-state index in [1.165, 1.54) is 17.0 Å². The summed E-state index contributed by atoms with van der Waals surface area (Å²) in [5, 5.41) is 10.0. The van der Waals surface area contributed by atoms with Crippen LogP contribution in [0.4, 0.5) is 0 Å². The normalized spacial score (nSPS) is 18.9. The third-order valence-corrected chi connectivity index (χ3v) is 6.13. The molecule has 3 heterocycles. The molecule has 6 nitrogen and oxygen atoms in total. The first-order valence-electron chi connectivity index (χ1n) is 10.0. The van der Waals surface area contributed by atoms with Crippen molar-refractivity contribution in [1.82, 2.24) is 9.88 Å². The number of nitrogens with zero attached hydrogens (tertiary/aromatic N) is 1. The van der Waals surface area contributed by atoms with Crippen LogP contribution in [0.5, 0.6) is 5.75 Å². The van der Waals surface area contributed by atoms with E-state index in [1.54, 1.807) is 18.2 Å². The predicted molar refractivity (Wildman–Crippen MR) is 114 cm³/mol. The monoisotopic (exact) mass is 402 g/mol. The van der Waals surface area contributed by atoms with Gasteiger partial charge in [0.2, 0.25) is 0 Å². The van der Waals surface area contributed by atoms with Crippen LogP contribution in [0.3, 0.4) is 0 Å². The summed E-state index contributed by atoms with van der Waals surface area (Å²) in [5.74, 6) is -0.396. The van der Waals surface area contributed by atoms with Crippen LogP contribution in [0, 0.1) is 0 Å². The molecule has 30 heavy (non-hydrogen) atoms. The van der Waals surface area contributed by atoms with Crippen molar-refractivity contribution in [3.8, 4) is 5.75 Å². The summed E-state index contributed by atoms with van der Waals surface area (Å²) in [6.45, 7) is 3.57. The lowest BCUT2D eigenvalue weighted by molar-refractivity contribution is -0.131. The number of hydrogen-bond acceptors (Lipinski definition) is 4. The van der Waals surface area contributed by atoms with Crippen molar-refractivity contribution < 1.29 is 19.4 Å². The molecule has 152 valence electrons. The number of aliphatic carboxylic acids is 1. The Balaban J connectivity index is 1.33. The lowest BCUT2D eigenvalue weighted by Crippen LogP contribution is -2.67. The number of aromatic amines is 1. The number of aromatic nitrogens is 1. The van der Waals surface area contributed by atoms with Gasteiger partial charge in [0.05, 0.1) is 12.0 Å². The number of ether oxygens (including phenoxy) is 1. The summed E-state index contributed by atoms with van der Waals surface area (Å²) < 4.78 is 6.28. The third-order valence-electron chi connectivity index (χ3n) is 6.13. The van der Waals surface area contributed by atoms with Gasteiger partial charge >= 0.3 is 5.97 Å². The lowest BCUT2D eigenvalue weighted by atomic mass is 9.82. The van der Waals surface area contributed by atoms with E-state index in [-0.39, 0.29) is 11.8 Å². The van der Waals surface area contributed by atoms with Gasteiger partial charge in [0.25, 0.3) is 0 Å². The Morgan fingerprint density at radius 3 is 2.87 bits per heavy atom. The van der Waals surface area contributed by atoms with E-state index in [9.17, 15) is 9.59 Å². The Bertz CT molecular complexity index is 1190. The Kier molecular flexibility index (Phi) is 4.25. The van der Waals surface area contributed by atoms with Crippen molar-refractivity contribution in [3.05, 3.63) is 71.4 Å². The molecule has 0 saturated carbocycles. The van der Waals surface area contributed by atoms with Crippen molar-refractivity contribution in [2.24, 2.45) is 0 Å². The summed E-state index contributed by atoms with van der Waals surface area (Å²) in [6.07, 6.45) is 4.94. The van der Waals surface area contributed by atoms with Crippen LogP contribution in [0.1, 0.15) is 40.9 Å². The summed E-state index contributed by atoms with van der Waals surface area (Å²) >= 11 is 0. The van der Waals surface area contributed by atoms with E-state index < -0.39 is 11.6 Å².